The van der Waals surface area contributed by atoms with Crippen LogP contribution in [0.25, 0.3) is 0 Å². The van der Waals surface area contributed by atoms with Gasteiger partial charge in [0.15, 0.2) is 0 Å². The summed E-state index contributed by atoms with van der Waals surface area (Å²) in [5, 5.41) is 39.3. The lowest BCUT2D eigenvalue weighted by Crippen LogP contribution is -2.17. The van der Waals surface area contributed by atoms with E-state index < -0.39 is 0 Å². The Morgan fingerprint density at radius 1 is 0.299 bits per heavy atom. The van der Waals surface area contributed by atoms with Gasteiger partial charge in [-0.15, -0.1) is 0 Å². The molecule has 67 heavy (non-hydrogen) atoms. The monoisotopic (exact) mass is 1030 g/mol. The van der Waals surface area contributed by atoms with Gasteiger partial charge < -0.3 is 29.9 Å². The molecule has 4 atom stereocenters. The minimum absolute atomic E-state index is 0. The second-order valence-electron chi connectivity index (χ2n) is 19.0. The van der Waals surface area contributed by atoms with E-state index in [4.69, 9.17) is 19.7 Å². The molecule has 0 saturated heterocycles. The van der Waals surface area contributed by atoms with Crippen LogP contribution in [0, 0.1) is 0 Å². The normalized spacial score (nSPS) is 13.3. The van der Waals surface area contributed by atoms with Gasteiger partial charge in [0.05, 0.1) is 52.9 Å². The van der Waals surface area contributed by atoms with Crippen molar-refractivity contribution in [1.82, 2.24) is 0 Å². The van der Waals surface area contributed by atoms with Gasteiger partial charge in [0, 0.05) is 44.0 Å². The van der Waals surface area contributed by atoms with Crippen molar-refractivity contribution in [2.75, 3.05) is 75.9 Å². The van der Waals surface area contributed by atoms with Crippen LogP contribution in [0.1, 0.15) is 266 Å². The Kier molecular flexibility index (Phi) is 70.4. The molecule has 408 valence electrons. The molecule has 10 heteroatoms. The average molecular weight is 1030 g/mol. The van der Waals surface area contributed by atoms with Crippen molar-refractivity contribution in [2.45, 2.75) is 287 Å². The highest BCUT2D eigenvalue weighted by Gasteiger charge is 2.14. The van der Waals surface area contributed by atoms with Crippen molar-refractivity contribution >= 4 is 47.0 Å². The smallest absolute Gasteiger partial charge is 0.0698 e. The van der Waals surface area contributed by atoms with Crippen molar-refractivity contribution in [3.05, 3.63) is 0 Å². The lowest BCUT2D eigenvalue weighted by Gasteiger charge is -2.19. The summed E-state index contributed by atoms with van der Waals surface area (Å²) in [4.78, 5) is 0. The van der Waals surface area contributed by atoms with Gasteiger partial charge in [-0.05, 0) is 25.7 Å². The predicted octanol–water partition coefficient (Wildman–Crippen LogP) is 17.1. The van der Waals surface area contributed by atoms with E-state index in [1.54, 1.807) is 0 Å². The summed E-state index contributed by atoms with van der Waals surface area (Å²) in [6, 6.07) is 0. The number of rotatable bonds is 56. The second kappa shape index (κ2) is 65.2. The first-order chi connectivity index (χ1) is 32.6. The van der Waals surface area contributed by atoms with Gasteiger partial charge in [0.25, 0.3) is 0 Å². The molecule has 0 spiro atoms. The third-order valence-corrected chi connectivity index (χ3v) is 18.3. The Labute approximate surface area is 437 Å². The molecule has 0 bridgehead atoms. The molecule has 0 aromatic carbocycles. The van der Waals surface area contributed by atoms with E-state index in [1.807, 2.05) is 23.5 Å². The van der Waals surface area contributed by atoms with Crippen molar-refractivity contribution in [3.8, 4) is 0 Å². The van der Waals surface area contributed by atoms with E-state index in [0.29, 0.717) is 47.4 Å². The number of unbranched alkanes of at least 4 members (excludes halogenated alkanes) is 28. The summed E-state index contributed by atoms with van der Waals surface area (Å²) in [5.41, 5.74) is 0. The van der Waals surface area contributed by atoms with E-state index in [2.05, 4.69) is 51.2 Å². The first-order valence-corrected chi connectivity index (χ1v) is 32.8. The summed E-state index contributed by atoms with van der Waals surface area (Å²) in [6.07, 6.45) is 48.1. The maximum Gasteiger partial charge on any atom is 0.0698 e. The van der Waals surface area contributed by atoms with Gasteiger partial charge in [-0.25, -0.2) is 0 Å². The molecule has 0 aliphatic carbocycles. The predicted molar refractivity (Wildman–Crippen MR) is 311 cm³/mol. The molecule has 0 radical (unpaired) electrons. The van der Waals surface area contributed by atoms with Crippen LogP contribution in [0.4, 0.5) is 0 Å². The number of hydrogen-bond donors (Lipinski definition) is 4. The first-order valence-electron chi connectivity index (χ1n) is 28.6. The fourth-order valence-corrected chi connectivity index (χ4v) is 13.1. The maximum atomic E-state index is 9.65. The highest BCUT2D eigenvalue weighted by atomic mass is 32.2. The van der Waals surface area contributed by atoms with Crippen LogP contribution in [0.3, 0.4) is 0 Å². The molecule has 0 amide bonds. The number of thioether (sulfide) groups is 4. The van der Waals surface area contributed by atoms with Gasteiger partial charge in [-0.2, -0.15) is 47.0 Å². The maximum absolute atomic E-state index is 9.65. The zero-order chi connectivity index (χ0) is 48.5. The topological polar surface area (TPSA) is 99.4 Å². The van der Waals surface area contributed by atoms with Gasteiger partial charge in [0.1, 0.15) is 0 Å². The highest BCUT2D eigenvalue weighted by molar-refractivity contribution is 8.04. The van der Waals surface area contributed by atoms with Crippen molar-refractivity contribution < 1.29 is 29.9 Å². The minimum Gasteiger partial charge on any atom is -0.395 e. The van der Waals surface area contributed by atoms with E-state index in [1.165, 1.54) is 218 Å². The fraction of sp³-hybridized carbons (Fsp3) is 1.00. The summed E-state index contributed by atoms with van der Waals surface area (Å²) in [7, 11) is 0. The molecule has 0 heterocycles. The van der Waals surface area contributed by atoms with E-state index in [0.717, 1.165) is 49.1 Å². The van der Waals surface area contributed by atoms with Crippen molar-refractivity contribution in [2.24, 2.45) is 0 Å². The Bertz CT molecular complexity index is 782. The van der Waals surface area contributed by atoms with Gasteiger partial charge in [-0.3, -0.25) is 0 Å². The van der Waals surface area contributed by atoms with Crippen LogP contribution in [-0.4, -0.2) is 117 Å². The Morgan fingerprint density at radius 3 is 0.731 bits per heavy atom. The van der Waals surface area contributed by atoms with Gasteiger partial charge in [-0.1, -0.05) is 241 Å². The summed E-state index contributed by atoms with van der Waals surface area (Å²) in [6.45, 7) is 12.4. The molecule has 6 nitrogen and oxygen atoms in total. The second-order valence-corrected chi connectivity index (χ2v) is 24.6. The largest absolute Gasteiger partial charge is 0.395 e. The number of ether oxygens (including phenoxy) is 2. The Balaban J connectivity index is -0.00000122. The SMILES string of the molecule is C.CCCCCCCCCCC(CO)SCCSC(CO)CCCCCCCCCC.CCCCCCCCCCC(COCCO)SCCSC(CCCCCCCCCC)COCCO. The molecule has 0 aromatic heterocycles. The molecule has 4 unspecified atom stereocenters. The average Bonchev–Trinajstić information content (AvgIpc) is 3.33. The molecule has 0 fully saturated rings. The lowest BCUT2D eigenvalue weighted by atomic mass is 10.1. The Hall–Kier alpha value is 1.16. The summed E-state index contributed by atoms with van der Waals surface area (Å²) in [5.74, 6) is 4.48. The number of aliphatic hydroxyl groups excluding tert-OH is 4. The molecular weight excluding hydrogens is 909 g/mol. The minimum atomic E-state index is 0. The lowest BCUT2D eigenvalue weighted by molar-refractivity contribution is 0.0919. The van der Waals surface area contributed by atoms with Crippen molar-refractivity contribution in [3.63, 3.8) is 0 Å². The van der Waals surface area contributed by atoms with Crippen LogP contribution in [0.15, 0.2) is 0 Å². The van der Waals surface area contributed by atoms with Gasteiger partial charge >= 0.3 is 0 Å². The van der Waals surface area contributed by atoms with Crippen LogP contribution >= 0.6 is 47.0 Å². The summed E-state index contributed by atoms with van der Waals surface area (Å²) >= 11 is 7.98. The molecule has 0 saturated carbocycles. The van der Waals surface area contributed by atoms with E-state index in [-0.39, 0.29) is 20.6 Å². The van der Waals surface area contributed by atoms with Crippen molar-refractivity contribution in [1.29, 1.82) is 0 Å². The molecule has 0 aromatic rings. The zero-order valence-corrected chi connectivity index (χ0v) is 47.8. The van der Waals surface area contributed by atoms with E-state index in [9.17, 15) is 10.2 Å². The number of aliphatic hydroxyl groups is 4. The van der Waals surface area contributed by atoms with Crippen LogP contribution < -0.4 is 0 Å². The molecular formula is C57H120O6S4. The third kappa shape index (κ3) is 59.6. The molecule has 0 aliphatic heterocycles. The molecule has 0 aliphatic rings. The molecule has 0 rings (SSSR count). The number of hydrogen-bond acceptors (Lipinski definition) is 10. The Morgan fingerprint density at radius 2 is 0.507 bits per heavy atom. The molecule has 4 N–H and O–H groups in total. The third-order valence-electron chi connectivity index (χ3n) is 12.6. The van der Waals surface area contributed by atoms with Gasteiger partial charge in [0.2, 0.25) is 0 Å². The summed E-state index contributed by atoms with van der Waals surface area (Å²) < 4.78 is 11.4. The van der Waals surface area contributed by atoms with Crippen LogP contribution in [-0.2, 0) is 9.47 Å². The quantitative estimate of drug-likeness (QED) is 0.0441. The standard InChI is InChI=1S/C30H62O4S2.C26H54O2S2.CH4/c1-3-5-7-9-11-13-15-17-19-29(27-33-23-21-31)35-25-26-36-30(28-34-24-22-32)20-18-16-14-12-10-8-6-4-2;1-3-5-7-9-11-13-15-17-19-25(23-27)29-21-22-30-26(24-28)20-18-16-14-12-10-8-6-4-2;/h29-32H,3-28H2,1-2H3;25-28H,3-24H2,1-2H3;1H4. The fourth-order valence-electron chi connectivity index (χ4n) is 8.33. The highest BCUT2D eigenvalue weighted by Crippen LogP contribution is 2.26. The van der Waals surface area contributed by atoms with Crippen LogP contribution in [0.2, 0.25) is 0 Å². The van der Waals surface area contributed by atoms with E-state index >= 15 is 0 Å². The zero-order valence-electron chi connectivity index (χ0n) is 44.5. The first kappa shape index (κ1) is 72.4. The van der Waals surface area contributed by atoms with Crippen LogP contribution in [0.5, 0.6) is 0 Å².